The predicted octanol–water partition coefficient (Wildman–Crippen LogP) is 3.79. The minimum Gasteiger partial charge on any atom is -0.337 e. The minimum absolute atomic E-state index is 0.0858. The van der Waals surface area contributed by atoms with E-state index in [1.54, 1.807) is 42.3 Å². The smallest absolute Gasteiger partial charge is 0.254 e. The van der Waals surface area contributed by atoms with Crippen molar-refractivity contribution in [3.05, 3.63) is 69.7 Å². The van der Waals surface area contributed by atoms with Crippen LogP contribution >= 0.6 is 11.6 Å². The molecule has 0 aliphatic carbocycles. The second kappa shape index (κ2) is 6.43. The molecule has 0 unspecified atom stereocenters. The molecule has 0 aliphatic heterocycles. The molecule has 4 heteroatoms. The molecule has 21 heavy (non-hydrogen) atoms. The van der Waals surface area contributed by atoms with E-state index in [1.807, 2.05) is 19.1 Å². The van der Waals surface area contributed by atoms with Crippen LogP contribution < -0.4 is 0 Å². The molecule has 1 amide bonds. The highest BCUT2D eigenvalue weighted by Gasteiger charge is 2.15. The summed E-state index contributed by atoms with van der Waals surface area (Å²) in [5.41, 5.74) is 2.89. The number of halogens is 1. The molecule has 0 aliphatic rings. The van der Waals surface area contributed by atoms with Gasteiger partial charge in [-0.15, -0.1) is 0 Å². The van der Waals surface area contributed by atoms with Crippen LogP contribution in [0.3, 0.4) is 0 Å². The number of nitrogens with zero attached hydrogens (tertiary/aromatic N) is 2. The third-order valence-electron chi connectivity index (χ3n) is 3.32. The Bertz CT molecular complexity index is 719. The quantitative estimate of drug-likeness (QED) is 0.865. The lowest BCUT2D eigenvalue weighted by Crippen LogP contribution is -2.26. The van der Waals surface area contributed by atoms with Crippen molar-refractivity contribution in [3.63, 3.8) is 0 Å². The van der Waals surface area contributed by atoms with E-state index in [9.17, 15) is 4.79 Å². The second-order valence-corrected chi connectivity index (χ2v) is 5.29. The normalized spacial score (nSPS) is 10.0. The van der Waals surface area contributed by atoms with E-state index in [0.29, 0.717) is 22.7 Å². The minimum atomic E-state index is -0.0858. The molecule has 0 spiro atoms. The molecule has 0 fully saturated rings. The van der Waals surface area contributed by atoms with E-state index in [0.717, 1.165) is 11.1 Å². The zero-order valence-electron chi connectivity index (χ0n) is 11.9. The molecule has 3 nitrogen and oxygen atoms in total. The summed E-state index contributed by atoms with van der Waals surface area (Å²) in [5.74, 6) is -0.0858. The first-order valence-electron chi connectivity index (χ1n) is 6.52. The fourth-order valence-corrected chi connectivity index (χ4v) is 2.30. The van der Waals surface area contributed by atoms with Crippen molar-refractivity contribution in [1.29, 1.82) is 5.26 Å². The van der Waals surface area contributed by atoms with Gasteiger partial charge in [-0.1, -0.05) is 29.8 Å². The number of benzene rings is 2. The van der Waals surface area contributed by atoms with E-state index >= 15 is 0 Å². The molecular formula is C17H15ClN2O. The van der Waals surface area contributed by atoms with Crippen molar-refractivity contribution in [3.8, 4) is 6.07 Å². The first-order valence-corrected chi connectivity index (χ1v) is 6.90. The molecule has 106 valence electrons. The lowest BCUT2D eigenvalue weighted by Gasteiger charge is -2.19. The van der Waals surface area contributed by atoms with Gasteiger partial charge < -0.3 is 4.90 Å². The van der Waals surface area contributed by atoms with Crippen LogP contribution in [0.4, 0.5) is 0 Å². The number of hydrogen-bond acceptors (Lipinski definition) is 2. The van der Waals surface area contributed by atoms with Crippen LogP contribution in [-0.2, 0) is 6.54 Å². The molecule has 0 bridgehead atoms. The Balaban J connectivity index is 2.20. The number of amides is 1. The summed E-state index contributed by atoms with van der Waals surface area (Å²) < 4.78 is 0. The molecule has 0 atom stereocenters. The molecule has 0 saturated heterocycles. The van der Waals surface area contributed by atoms with Gasteiger partial charge in [-0.2, -0.15) is 5.26 Å². The van der Waals surface area contributed by atoms with Crippen molar-refractivity contribution in [2.75, 3.05) is 7.05 Å². The fraction of sp³-hybridized carbons (Fsp3) is 0.176. The van der Waals surface area contributed by atoms with E-state index in [2.05, 4.69) is 6.07 Å². The van der Waals surface area contributed by atoms with Gasteiger partial charge in [0, 0.05) is 24.2 Å². The summed E-state index contributed by atoms with van der Waals surface area (Å²) in [6, 6.07) is 14.6. The van der Waals surface area contributed by atoms with Crippen molar-refractivity contribution < 1.29 is 4.79 Å². The summed E-state index contributed by atoms with van der Waals surface area (Å²) in [7, 11) is 1.74. The van der Waals surface area contributed by atoms with Gasteiger partial charge in [0.2, 0.25) is 0 Å². The van der Waals surface area contributed by atoms with Gasteiger partial charge in [0.1, 0.15) is 0 Å². The number of hydrogen-bond donors (Lipinski definition) is 0. The van der Waals surface area contributed by atoms with Crippen molar-refractivity contribution >= 4 is 17.5 Å². The van der Waals surface area contributed by atoms with Gasteiger partial charge in [0.25, 0.3) is 5.91 Å². The van der Waals surface area contributed by atoms with Gasteiger partial charge in [-0.25, -0.2) is 0 Å². The maximum absolute atomic E-state index is 12.5. The first kappa shape index (κ1) is 15.1. The van der Waals surface area contributed by atoms with Crippen LogP contribution in [-0.4, -0.2) is 17.9 Å². The standard InChI is InChI=1S/C17H15ClN2O/c1-12-15(7-4-8-16(12)18)17(21)20(2)11-14-6-3-5-13(9-14)10-19/h3-9H,11H2,1-2H3. The molecule has 2 rings (SSSR count). The maximum atomic E-state index is 12.5. The van der Waals surface area contributed by atoms with Gasteiger partial charge in [0.05, 0.1) is 11.6 Å². The SMILES string of the molecule is Cc1c(Cl)cccc1C(=O)N(C)Cc1cccc(C#N)c1. The lowest BCUT2D eigenvalue weighted by molar-refractivity contribution is 0.0784. The fourth-order valence-electron chi connectivity index (χ4n) is 2.13. The molecule has 0 saturated carbocycles. The van der Waals surface area contributed by atoms with Crippen LogP contribution in [0.2, 0.25) is 5.02 Å². The molecule has 2 aromatic rings. The average molecular weight is 299 g/mol. The highest BCUT2D eigenvalue weighted by atomic mass is 35.5. The molecule has 2 aromatic carbocycles. The highest BCUT2D eigenvalue weighted by Crippen LogP contribution is 2.20. The molecular weight excluding hydrogens is 284 g/mol. The third-order valence-corrected chi connectivity index (χ3v) is 3.73. The van der Waals surface area contributed by atoms with Crippen LogP contribution in [0.1, 0.15) is 27.0 Å². The van der Waals surface area contributed by atoms with E-state index in [-0.39, 0.29) is 5.91 Å². The topological polar surface area (TPSA) is 44.1 Å². The monoisotopic (exact) mass is 298 g/mol. The third kappa shape index (κ3) is 3.42. The van der Waals surface area contributed by atoms with E-state index in [4.69, 9.17) is 16.9 Å². The summed E-state index contributed by atoms with van der Waals surface area (Å²) in [5, 5.41) is 9.49. The Hall–Kier alpha value is -2.31. The Morgan fingerprint density at radius 3 is 2.71 bits per heavy atom. The maximum Gasteiger partial charge on any atom is 0.254 e. The molecule has 0 radical (unpaired) electrons. The van der Waals surface area contributed by atoms with Crippen LogP contribution in [0.15, 0.2) is 42.5 Å². The van der Waals surface area contributed by atoms with Crippen LogP contribution in [0, 0.1) is 18.3 Å². The number of rotatable bonds is 3. The number of carbonyl (C=O) groups excluding carboxylic acids is 1. The summed E-state index contributed by atoms with van der Waals surface area (Å²) >= 11 is 6.06. The van der Waals surface area contributed by atoms with Crippen molar-refractivity contribution in [2.24, 2.45) is 0 Å². The molecule has 0 N–H and O–H groups in total. The van der Waals surface area contributed by atoms with Crippen LogP contribution in [0.5, 0.6) is 0 Å². The second-order valence-electron chi connectivity index (χ2n) is 4.89. The zero-order chi connectivity index (χ0) is 15.4. The van der Waals surface area contributed by atoms with Crippen molar-refractivity contribution in [2.45, 2.75) is 13.5 Å². The highest BCUT2D eigenvalue weighted by molar-refractivity contribution is 6.31. The van der Waals surface area contributed by atoms with Crippen molar-refractivity contribution in [1.82, 2.24) is 4.90 Å². The lowest BCUT2D eigenvalue weighted by atomic mass is 10.1. The summed E-state index contributed by atoms with van der Waals surface area (Å²) in [6.07, 6.45) is 0. The zero-order valence-corrected chi connectivity index (χ0v) is 12.7. The van der Waals surface area contributed by atoms with Gasteiger partial charge >= 0.3 is 0 Å². The molecule has 0 heterocycles. The average Bonchev–Trinajstić information content (AvgIpc) is 2.49. The van der Waals surface area contributed by atoms with Gasteiger partial charge in [-0.05, 0) is 42.3 Å². The first-order chi connectivity index (χ1) is 10.0. The summed E-state index contributed by atoms with van der Waals surface area (Å²) in [6.45, 7) is 2.28. The van der Waals surface area contributed by atoms with Crippen LogP contribution in [0.25, 0.3) is 0 Å². The Kier molecular flexibility index (Phi) is 4.62. The Morgan fingerprint density at radius 2 is 2.00 bits per heavy atom. The Labute approximate surface area is 129 Å². The largest absolute Gasteiger partial charge is 0.337 e. The number of nitriles is 1. The Morgan fingerprint density at radius 1 is 1.29 bits per heavy atom. The van der Waals surface area contributed by atoms with E-state index in [1.165, 1.54) is 0 Å². The molecule has 0 aromatic heterocycles. The number of carbonyl (C=O) groups is 1. The van der Waals surface area contributed by atoms with Gasteiger partial charge in [0.15, 0.2) is 0 Å². The van der Waals surface area contributed by atoms with E-state index < -0.39 is 0 Å². The van der Waals surface area contributed by atoms with Gasteiger partial charge in [-0.3, -0.25) is 4.79 Å². The predicted molar refractivity (Wildman–Crippen MR) is 83.1 cm³/mol. The summed E-state index contributed by atoms with van der Waals surface area (Å²) in [4.78, 5) is 14.1.